The van der Waals surface area contributed by atoms with Gasteiger partial charge in [-0.1, -0.05) is 41.7 Å². The number of aromatic carboxylic acids is 1. The predicted octanol–water partition coefficient (Wildman–Crippen LogP) is 5.20. The molecule has 0 fully saturated rings. The number of nitrogens with zero attached hydrogens (tertiary/aromatic N) is 2. The van der Waals surface area contributed by atoms with Crippen molar-refractivity contribution in [2.75, 3.05) is 5.32 Å². The highest BCUT2D eigenvalue weighted by Crippen LogP contribution is 2.33. The predicted molar refractivity (Wildman–Crippen MR) is 159 cm³/mol. The van der Waals surface area contributed by atoms with Gasteiger partial charge in [-0.15, -0.1) is 11.3 Å². The Balaban J connectivity index is 1.40. The van der Waals surface area contributed by atoms with Gasteiger partial charge in [-0.2, -0.15) is 0 Å². The third-order valence-corrected chi connectivity index (χ3v) is 8.66. The number of rotatable bonds is 6. The second-order valence-corrected chi connectivity index (χ2v) is 11.4. The van der Waals surface area contributed by atoms with Gasteiger partial charge in [-0.05, 0) is 67.3 Å². The highest BCUT2D eigenvalue weighted by atomic mass is 32.1. The number of carboxylic acid groups (broad SMARTS) is 1. The quantitative estimate of drug-likeness (QED) is 0.286. The second-order valence-electron chi connectivity index (χ2n) is 9.45. The molecule has 1 aliphatic heterocycles. The molecule has 0 unspecified atom stereocenters. The van der Waals surface area contributed by atoms with Crippen LogP contribution in [0.2, 0.25) is 0 Å². The van der Waals surface area contributed by atoms with Gasteiger partial charge in [0.1, 0.15) is 17.6 Å². The lowest BCUT2D eigenvalue weighted by atomic mass is 10.0. The van der Waals surface area contributed by atoms with Crippen molar-refractivity contribution in [1.82, 2.24) is 4.57 Å². The summed E-state index contributed by atoms with van der Waals surface area (Å²) in [5.41, 5.74) is 3.07. The molecule has 4 heterocycles. The van der Waals surface area contributed by atoms with Crippen molar-refractivity contribution in [3.63, 3.8) is 0 Å². The lowest BCUT2D eigenvalue weighted by molar-refractivity contribution is -0.113. The van der Waals surface area contributed by atoms with Crippen LogP contribution in [-0.2, 0) is 4.79 Å². The van der Waals surface area contributed by atoms with Gasteiger partial charge in [0.05, 0.1) is 21.4 Å². The fourth-order valence-corrected chi connectivity index (χ4v) is 6.68. The van der Waals surface area contributed by atoms with Gasteiger partial charge in [0.25, 0.3) is 11.5 Å². The minimum absolute atomic E-state index is 0.201. The van der Waals surface area contributed by atoms with Gasteiger partial charge >= 0.3 is 5.97 Å². The van der Waals surface area contributed by atoms with E-state index in [9.17, 15) is 19.5 Å². The van der Waals surface area contributed by atoms with Crippen molar-refractivity contribution in [2.24, 2.45) is 4.99 Å². The second kappa shape index (κ2) is 10.6. The summed E-state index contributed by atoms with van der Waals surface area (Å²) >= 11 is 2.71. The molecule has 0 aliphatic carbocycles. The molecular formula is C31H23N3O5S2. The number of fused-ring (bicyclic) bond motifs is 1. The van der Waals surface area contributed by atoms with Gasteiger partial charge < -0.3 is 14.8 Å². The number of hydrogen-bond acceptors (Lipinski definition) is 7. The molecular weight excluding hydrogens is 558 g/mol. The number of thiazole rings is 1. The Morgan fingerprint density at radius 2 is 1.85 bits per heavy atom. The Hall–Kier alpha value is -4.80. The van der Waals surface area contributed by atoms with Gasteiger partial charge in [0.2, 0.25) is 0 Å². The summed E-state index contributed by atoms with van der Waals surface area (Å²) in [5.74, 6) is -0.278. The SMILES string of the molecule is CC1=C(C(=O)Nc2ccccc2)[C@@H](c2cccs2)n2c(s/c(=C\c3ccc(-c4ccc(C(=O)O)cc4C)o3)c2=O)=N1. The highest BCUT2D eigenvalue weighted by Gasteiger charge is 2.33. The summed E-state index contributed by atoms with van der Waals surface area (Å²) in [5, 5.41) is 14.1. The van der Waals surface area contributed by atoms with Crippen LogP contribution in [0.1, 0.15) is 39.5 Å². The zero-order valence-corrected chi connectivity index (χ0v) is 23.6. The Morgan fingerprint density at radius 3 is 2.56 bits per heavy atom. The molecule has 0 saturated carbocycles. The van der Waals surface area contributed by atoms with Gasteiger partial charge in [0, 0.05) is 22.2 Å². The molecule has 5 aromatic rings. The monoisotopic (exact) mass is 581 g/mol. The lowest BCUT2D eigenvalue weighted by Crippen LogP contribution is -2.40. The fraction of sp³-hybridized carbons (Fsp3) is 0.0968. The molecule has 0 bridgehead atoms. The van der Waals surface area contributed by atoms with E-state index < -0.39 is 12.0 Å². The molecule has 10 heteroatoms. The average Bonchev–Trinajstić information content (AvgIpc) is 3.70. The number of carbonyl (C=O) groups excluding carboxylic acids is 1. The standard InChI is InChI=1S/C31H23N3O5S2/c1-17-15-19(30(37)38)10-12-22(17)23-13-11-21(39-23)16-25-29(36)34-27(24-9-6-14-40-24)26(18(2)32-31(34)41-25)28(35)33-20-7-4-3-5-8-20/h3-16,27H,1-2H3,(H,33,35)(H,37,38)/b25-16-/t27-/m1/s1. The molecule has 3 aromatic heterocycles. The zero-order valence-electron chi connectivity index (χ0n) is 22.0. The first-order valence-corrected chi connectivity index (χ1v) is 14.4. The number of thiophene rings is 1. The number of benzene rings is 2. The molecule has 2 aromatic carbocycles. The smallest absolute Gasteiger partial charge is 0.335 e. The topological polar surface area (TPSA) is 114 Å². The van der Waals surface area contributed by atoms with Gasteiger partial charge in [-0.3, -0.25) is 14.2 Å². The van der Waals surface area contributed by atoms with E-state index in [1.54, 1.807) is 41.8 Å². The van der Waals surface area contributed by atoms with E-state index >= 15 is 0 Å². The van der Waals surface area contributed by atoms with Crippen LogP contribution in [0.15, 0.2) is 104 Å². The van der Waals surface area contributed by atoms with E-state index in [0.29, 0.717) is 37.8 Å². The van der Waals surface area contributed by atoms with Crippen molar-refractivity contribution in [3.8, 4) is 11.3 Å². The van der Waals surface area contributed by atoms with E-state index in [1.165, 1.54) is 28.7 Å². The molecule has 6 rings (SSSR count). The summed E-state index contributed by atoms with van der Waals surface area (Å²) in [4.78, 5) is 44.7. The minimum Gasteiger partial charge on any atom is -0.478 e. The maximum absolute atomic E-state index is 13.8. The Morgan fingerprint density at radius 1 is 1.05 bits per heavy atom. The number of allylic oxidation sites excluding steroid dienone is 1. The molecule has 204 valence electrons. The number of carbonyl (C=O) groups is 2. The van der Waals surface area contributed by atoms with Crippen molar-refractivity contribution >= 4 is 46.3 Å². The Kier molecular flexibility index (Phi) is 6.86. The van der Waals surface area contributed by atoms with Crippen LogP contribution in [0.3, 0.4) is 0 Å². The van der Waals surface area contributed by atoms with E-state index in [4.69, 9.17) is 4.42 Å². The summed E-state index contributed by atoms with van der Waals surface area (Å²) < 4.78 is 8.04. The molecule has 0 radical (unpaired) electrons. The van der Waals surface area contributed by atoms with Crippen LogP contribution in [0, 0.1) is 6.92 Å². The first-order valence-electron chi connectivity index (χ1n) is 12.7. The number of nitrogens with one attached hydrogen (secondary N) is 1. The number of anilines is 1. The van der Waals surface area contributed by atoms with Crippen molar-refractivity contribution in [1.29, 1.82) is 0 Å². The van der Waals surface area contributed by atoms with Crippen LogP contribution < -0.4 is 20.2 Å². The molecule has 1 amide bonds. The van der Waals surface area contributed by atoms with E-state index in [1.807, 2.05) is 54.8 Å². The number of furan rings is 1. The van der Waals surface area contributed by atoms with Crippen molar-refractivity contribution in [2.45, 2.75) is 19.9 Å². The van der Waals surface area contributed by atoms with Crippen LogP contribution in [0.25, 0.3) is 17.4 Å². The first kappa shape index (κ1) is 26.4. The summed E-state index contributed by atoms with van der Waals surface area (Å²) in [6.45, 7) is 3.61. The first-order chi connectivity index (χ1) is 19.8. The number of aryl methyl sites for hydroxylation is 1. The fourth-order valence-electron chi connectivity index (χ4n) is 4.83. The Bertz CT molecular complexity index is 2020. The Labute approximate surface area is 241 Å². The molecule has 1 atom stereocenters. The largest absolute Gasteiger partial charge is 0.478 e. The molecule has 2 N–H and O–H groups in total. The molecule has 41 heavy (non-hydrogen) atoms. The molecule has 0 saturated heterocycles. The maximum Gasteiger partial charge on any atom is 0.335 e. The summed E-state index contributed by atoms with van der Waals surface area (Å²) in [6, 6.07) is 20.7. The highest BCUT2D eigenvalue weighted by molar-refractivity contribution is 7.10. The number of amides is 1. The van der Waals surface area contributed by atoms with Crippen LogP contribution in [0.4, 0.5) is 5.69 Å². The molecule has 1 aliphatic rings. The minimum atomic E-state index is -0.994. The third kappa shape index (κ3) is 4.99. The van der Waals surface area contributed by atoms with E-state index in [-0.39, 0.29) is 17.0 Å². The maximum atomic E-state index is 13.8. The van der Waals surface area contributed by atoms with Crippen LogP contribution in [0.5, 0.6) is 0 Å². The van der Waals surface area contributed by atoms with Crippen LogP contribution >= 0.6 is 22.7 Å². The lowest BCUT2D eigenvalue weighted by Gasteiger charge is -2.24. The number of aromatic nitrogens is 1. The normalized spacial score (nSPS) is 15.0. The number of hydrogen-bond donors (Lipinski definition) is 2. The van der Waals surface area contributed by atoms with Crippen molar-refractivity contribution < 1.29 is 19.1 Å². The van der Waals surface area contributed by atoms with Crippen LogP contribution in [-0.4, -0.2) is 21.6 Å². The molecule has 8 nitrogen and oxygen atoms in total. The van der Waals surface area contributed by atoms with Gasteiger partial charge in [0.15, 0.2) is 4.80 Å². The van der Waals surface area contributed by atoms with E-state index in [0.717, 1.165) is 16.0 Å². The van der Waals surface area contributed by atoms with Crippen molar-refractivity contribution in [3.05, 3.63) is 131 Å². The van der Waals surface area contributed by atoms with Gasteiger partial charge in [-0.25, -0.2) is 9.79 Å². The number of carboxylic acids is 1. The summed E-state index contributed by atoms with van der Waals surface area (Å²) in [6.07, 6.45) is 1.67. The zero-order chi connectivity index (χ0) is 28.7. The third-order valence-electron chi connectivity index (χ3n) is 6.75. The molecule has 0 spiro atoms. The van der Waals surface area contributed by atoms with E-state index in [2.05, 4.69) is 10.3 Å². The average molecular weight is 582 g/mol. The summed E-state index contributed by atoms with van der Waals surface area (Å²) in [7, 11) is 0. The number of para-hydroxylation sites is 1.